The number of sulfone groups is 1. The summed E-state index contributed by atoms with van der Waals surface area (Å²) in [5.74, 6) is -0.659. The van der Waals surface area contributed by atoms with Crippen molar-refractivity contribution in [2.45, 2.75) is 18.7 Å². The van der Waals surface area contributed by atoms with Gasteiger partial charge in [-0.05, 0) is 37.1 Å². The highest BCUT2D eigenvalue weighted by Crippen LogP contribution is 2.34. The maximum Gasteiger partial charge on any atom is 0.206 e. The fraction of sp³-hybridized carbons (Fsp3) is 0.200. The van der Waals surface area contributed by atoms with E-state index >= 15 is 0 Å². The van der Waals surface area contributed by atoms with Gasteiger partial charge in [-0.1, -0.05) is 6.07 Å². The average Bonchev–Trinajstić information content (AvgIpc) is 2.21. The second-order valence-corrected chi connectivity index (χ2v) is 5.48. The summed E-state index contributed by atoms with van der Waals surface area (Å²) in [7, 11) is -3.55. The molecule has 1 aliphatic rings. The van der Waals surface area contributed by atoms with Crippen molar-refractivity contribution in [1.29, 1.82) is 0 Å². The zero-order chi connectivity index (χ0) is 10.5. The Kier molecular flexibility index (Phi) is 1.79. The number of benzene rings is 1. The van der Waals surface area contributed by atoms with Crippen LogP contribution in [0.1, 0.15) is 18.1 Å². The predicted octanol–water partition coefficient (Wildman–Crippen LogP) is 2.28. The van der Waals surface area contributed by atoms with E-state index in [4.69, 9.17) is 0 Å². The smallest absolute Gasteiger partial charge is 0.206 e. The number of hydrogen-bond donors (Lipinski definition) is 0. The number of rotatable bonds is 0. The summed E-state index contributed by atoms with van der Waals surface area (Å²) in [5, 5.41) is 0. The molecule has 14 heavy (non-hydrogen) atoms. The van der Waals surface area contributed by atoms with Gasteiger partial charge in [-0.3, -0.25) is 0 Å². The van der Waals surface area contributed by atoms with Crippen LogP contribution < -0.4 is 0 Å². The molecule has 0 unspecified atom stereocenters. The summed E-state index contributed by atoms with van der Waals surface area (Å²) < 4.78 is 36.6. The van der Waals surface area contributed by atoms with Crippen LogP contribution in [0.15, 0.2) is 21.9 Å². The lowest BCUT2D eigenvalue weighted by atomic mass is 10.1. The van der Waals surface area contributed by atoms with Gasteiger partial charge in [0.05, 0.1) is 0 Å². The van der Waals surface area contributed by atoms with Gasteiger partial charge in [0.2, 0.25) is 9.84 Å². The molecule has 0 spiro atoms. The average molecular weight is 212 g/mol. The minimum Gasteiger partial charge on any atom is -0.219 e. The first-order valence-electron chi connectivity index (χ1n) is 4.16. The van der Waals surface area contributed by atoms with E-state index in [9.17, 15) is 12.8 Å². The number of aryl methyl sites for hydroxylation is 1. The first-order chi connectivity index (χ1) is 6.43. The Morgan fingerprint density at radius 2 is 1.86 bits per heavy atom. The second kappa shape index (κ2) is 2.67. The van der Waals surface area contributed by atoms with E-state index in [0.717, 1.165) is 5.56 Å². The van der Waals surface area contributed by atoms with Gasteiger partial charge < -0.3 is 0 Å². The number of hydrogen-bond acceptors (Lipinski definition) is 2. The van der Waals surface area contributed by atoms with Crippen molar-refractivity contribution < 1.29 is 12.8 Å². The number of allylic oxidation sites excluding steroid dienone is 1. The monoisotopic (exact) mass is 212 g/mol. The van der Waals surface area contributed by atoms with E-state index in [0.29, 0.717) is 5.56 Å². The Morgan fingerprint density at radius 1 is 1.21 bits per heavy atom. The molecular weight excluding hydrogens is 203 g/mol. The van der Waals surface area contributed by atoms with Crippen molar-refractivity contribution in [2.75, 3.05) is 0 Å². The van der Waals surface area contributed by atoms with E-state index in [1.165, 1.54) is 19.1 Å². The van der Waals surface area contributed by atoms with Crippen molar-refractivity contribution >= 4 is 15.9 Å². The van der Waals surface area contributed by atoms with Crippen molar-refractivity contribution in [3.05, 3.63) is 34.0 Å². The third-order valence-electron chi connectivity index (χ3n) is 2.27. The van der Waals surface area contributed by atoms with Crippen LogP contribution in [0.2, 0.25) is 0 Å². The molecule has 2 rings (SSSR count). The molecule has 74 valence electrons. The molecule has 0 N–H and O–H groups in total. The van der Waals surface area contributed by atoms with Crippen molar-refractivity contribution in [2.24, 2.45) is 0 Å². The van der Waals surface area contributed by atoms with Gasteiger partial charge in [-0.15, -0.1) is 0 Å². The fourth-order valence-corrected chi connectivity index (χ4v) is 2.95. The molecule has 0 aliphatic carbocycles. The summed E-state index contributed by atoms with van der Waals surface area (Å²) in [4.78, 5) is 0.0256. The summed E-state index contributed by atoms with van der Waals surface area (Å²) >= 11 is 0. The van der Waals surface area contributed by atoms with Gasteiger partial charge in [-0.2, -0.15) is 0 Å². The third kappa shape index (κ3) is 1.10. The van der Waals surface area contributed by atoms with E-state index in [1.807, 2.05) is 0 Å². The molecule has 1 aromatic carbocycles. The van der Waals surface area contributed by atoms with Crippen molar-refractivity contribution in [3.63, 3.8) is 0 Å². The lowest BCUT2D eigenvalue weighted by molar-refractivity contribution is 0.571. The van der Waals surface area contributed by atoms with Gasteiger partial charge in [0.1, 0.15) is 10.7 Å². The lowest BCUT2D eigenvalue weighted by Crippen LogP contribution is -2.01. The molecule has 2 nitrogen and oxygen atoms in total. The van der Waals surface area contributed by atoms with Gasteiger partial charge in [0, 0.05) is 4.91 Å². The van der Waals surface area contributed by atoms with E-state index in [-0.39, 0.29) is 9.80 Å². The van der Waals surface area contributed by atoms with Crippen molar-refractivity contribution in [3.8, 4) is 0 Å². The van der Waals surface area contributed by atoms with Crippen LogP contribution in [0.25, 0.3) is 6.08 Å². The first kappa shape index (κ1) is 9.40. The van der Waals surface area contributed by atoms with Crippen LogP contribution >= 0.6 is 0 Å². The molecule has 1 heterocycles. The molecule has 1 aliphatic heterocycles. The SMILES string of the molecule is CC1=Cc2cc(C)cc(F)c2S1(=O)=O. The molecule has 0 saturated carbocycles. The largest absolute Gasteiger partial charge is 0.219 e. The molecule has 0 bridgehead atoms. The van der Waals surface area contributed by atoms with Crippen LogP contribution in [-0.4, -0.2) is 8.42 Å². The lowest BCUT2D eigenvalue weighted by Gasteiger charge is -2.02. The molecule has 0 amide bonds. The summed E-state index contributed by atoms with van der Waals surface area (Å²) in [6, 6.07) is 2.91. The van der Waals surface area contributed by atoms with Gasteiger partial charge in [0.15, 0.2) is 0 Å². The molecule has 0 radical (unpaired) electrons. The van der Waals surface area contributed by atoms with Crippen molar-refractivity contribution in [1.82, 2.24) is 0 Å². The molecule has 0 aromatic heterocycles. The maximum absolute atomic E-state index is 13.4. The number of fused-ring (bicyclic) bond motifs is 1. The molecule has 0 saturated heterocycles. The molecule has 4 heteroatoms. The van der Waals surface area contributed by atoms with Crippen LogP contribution in [-0.2, 0) is 9.84 Å². The van der Waals surface area contributed by atoms with Crippen LogP contribution in [0.5, 0.6) is 0 Å². The van der Waals surface area contributed by atoms with E-state index < -0.39 is 15.7 Å². The van der Waals surface area contributed by atoms with Gasteiger partial charge in [0.25, 0.3) is 0 Å². The number of halogens is 1. The highest BCUT2D eigenvalue weighted by molar-refractivity contribution is 7.95. The zero-order valence-electron chi connectivity index (χ0n) is 7.83. The minimum absolute atomic E-state index is 0.180. The molecule has 0 atom stereocenters. The maximum atomic E-state index is 13.4. The summed E-state index contributed by atoms with van der Waals surface area (Å²) in [6.45, 7) is 3.21. The van der Waals surface area contributed by atoms with E-state index in [1.54, 1.807) is 13.0 Å². The highest BCUT2D eigenvalue weighted by Gasteiger charge is 2.30. The predicted molar refractivity (Wildman–Crippen MR) is 52.0 cm³/mol. The van der Waals surface area contributed by atoms with Crippen LogP contribution in [0, 0.1) is 12.7 Å². The van der Waals surface area contributed by atoms with Gasteiger partial charge in [-0.25, -0.2) is 12.8 Å². The molecule has 1 aromatic rings. The summed E-state index contributed by atoms with van der Waals surface area (Å²) in [5.41, 5.74) is 1.18. The summed E-state index contributed by atoms with van der Waals surface area (Å²) in [6.07, 6.45) is 1.50. The molecular formula is C10H9FO2S. The normalized spacial score (nSPS) is 17.8. The minimum atomic E-state index is -3.55. The third-order valence-corrected chi connectivity index (χ3v) is 4.20. The van der Waals surface area contributed by atoms with Gasteiger partial charge >= 0.3 is 0 Å². The Morgan fingerprint density at radius 3 is 2.50 bits per heavy atom. The fourth-order valence-electron chi connectivity index (χ4n) is 1.60. The zero-order valence-corrected chi connectivity index (χ0v) is 8.65. The Labute approximate surface area is 82.0 Å². The Bertz CT molecular complexity index is 541. The first-order valence-corrected chi connectivity index (χ1v) is 5.65. The van der Waals surface area contributed by atoms with Crippen LogP contribution in [0.4, 0.5) is 4.39 Å². The standard InChI is InChI=1S/C10H9FO2S/c1-6-3-8-5-7(2)14(12,13)10(8)9(11)4-6/h3-5H,1-2H3. The van der Waals surface area contributed by atoms with Crippen LogP contribution in [0.3, 0.4) is 0 Å². The Hall–Kier alpha value is -1.16. The second-order valence-electron chi connectivity index (χ2n) is 3.42. The highest BCUT2D eigenvalue weighted by atomic mass is 32.2. The van der Waals surface area contributed by atoms with E-state index in [2.05, 4.69) is 0 Å². The topological polar surface area (TPSA) is 34.1 Å². The quantitative estimate of drug-likeness (QED) is 0.661. The Balaban J connectivity index is 2.87. The molecule has 0 fully saturated rings.